The zero-order chi connectivity index (χ0) is 23.7. The van der Waals surface area contributed by atoms with Gasteiger partial charge >= 0.3 is 0 Å². The summed E-state index contributed by atoms with van der Waals surface area (Å²) in [6, 6.07) is 9.51. The topological polar surface area (TPSA) is 159 Å². The predicted octanol–water partition coefficient (Wildman–Crippen LogP) is 0.859. The normalized spacial score (nSPS) is 28.9. The van der Waals surface area contributed by atoms with Crippen molar-refractivity contribution >= 4 is 17.0 Å². The van der Waals surface area contributed by atoms with Crippen molar-refractivity contribution in [3.63, 3.8) is 0 Å². The Balaban J connectivity index is 1.30. The van der Waals surface area contributed by atoms with Crippen LogP contribution in [0.15, 0.2) is 36.9 Å². The summed E-state index contributed by atoms with van der Waals surface area (Å²) in [6.45, 7) is 0.0440. The average Bonchev–Trinajstić information content (AvgIpc) is 3.57. The minimum Gasteiger partial charge on any atom is -0.394 e. The number of ether oxygens (including phenoxy) is 2. The van der Waals surface area contributed by atoms with Crippen LogP contribution in [-0.2, 0) is 16.1 Å². The van der Waals surface area contributed by atoms with E-state index in [9.17, 15) is 15.3 Å². The van der Waals surface area contributed by atoms with Gasteiger partial charge in [0.15, 0.2) is 23.2 Å². The largest absolute Gasteiger partial charge is 0.394 e. The van der Waals surface area contributed by atoms with Crippen LogP contribution in [0.4, 0.5) is 5.82 Å². The Morgan fingerprint density at radius 1 is 1.15 bits per heavy atom. The summed E-state index contributed by atoms with van der Waals surface area (Å²) in [5.74, 6) is 0.550. The lowest BCUT2D eigenvalue weighted by atomic mass is 10.1. The Labute approximate surface area is 195 Å². The summed E-state index contributed by atoms with van der Waals surface area (Å²) in [7, 11) is 0. The molecule has 0 spiro atoms. The van der Waals surface area contributed by atoms with Gasteiger partial charge in [0, 0.05) is 0 Å². The van der Waals surface area contributed by atoms with E-state index in [2.05, 4.69) is 26.3 Å². The third kappa shape index (κ3) is 4.22. The first-order valence-electron chi connectivity index (χ1n) is 11.3. The van der Waals surface area contributed by atoms with Gasteiger partial charge in [-0.15, -0.1) is 0 Å². The number of nitrogens with zero attached hydrogens (tertiary/aromatic N) is 5. The molecule has 6 atom stereocenters. The molecular formula is C23H26N6O5. The smallest absolute Gasteiger partial charge is 0.167 e. The Hall–Kier alpha value is -3.14. The van der Waals surface area contributed by atoms with Crippen molar-refractivity contribution in [3.05, 3.63) is 48.0 Å². The molecule has 2 fully saturated rings. The van der Waals surface area contributed by atoms with Crippen LogP contribution in [0.1, 0.15) is 36.6 Å². The maximum absolute atomic E-state index is 10.4. The monoisotopic (exact) mass is 466 g/mol. The second-order valence-corrected chi connectivity index (χ2v) is 8.62. The highest BCUT2D eigenvalue weighted by Gasteiger charge is 2.44. The number of aliphatic hydroxyl groups excluding tert-OH is 3. The van der Waals surface area contributed by atoms with Crippen LogP contribution in [0.5, 0.6) is 0 Å². The van der Waals surface area contributed by atoms with Crippen LogP contribution in [0, 0.1) is 11.3 Å². The maximum atomic E-state index is 10.4. The van der Waals surface area contributed by atoms with Crippen LogP contribution in [0.3, 0.4) is 0 Å². The van der Waals surface area contributed by atoms with Gasteiger partial charge < -0.3 is 30.1 Å². The number of benzene rings is 1. The van der Waals surface area contributed by atoms with Crippen LogP contribution in [0.2, 0.25) is 0 Å². The first kappa shape index (κ1) is 22.6. The molecule has 3 aromatic rings. The number of fused-ring (bicyclic) bond motifs is 1. The van der Waals surface area contributed by atoms with Crippen LogP contribution in [0.25, 0.3) is 11.2 Å². The number of hydrogen-bond acceptors (Lipinski definition) is 10. The summed E-state index contributed by atoms with van der Waals surface area (Å²) in [4.78, 5) is 13.1. The molecule has 11 nitrogen and oxygen atoms in total. The van der Waals surface area contributed by atoms with Gasteiger partial charge in [0.25, 0.3) is 0 Å². The molecule has 1 saturated heterocycles. The molecule has 11 heteroatoms. The number of aromatic nitrogens is 4. The van der Waals surface area contributed by atoms with E-state index in [1.165, 1.54) is 12.7 Å². The summed E-state index contributed by atoms with van der Waals surface area (Å²) < 4.78 is 13.3. The molecule has 1 aliphatic carbocycles. The minimum absolute atomic E-state index is 0.0109. The molecule has 1 saturated carbocycles. The van der Waals surface area contributed by atoms with Crippen LogP contribution in [-0.4, -0.2) is 71.9 Å². The van der Waals surface area contributed by atoms with Crippen LogP contribution >= 0.6 is 0 Å². The number of hydrogen-bond donors (Lipinski definition) is 4. The van der Waals surface area contributed by atoms with E-state index in [4.69, 9.17) is 14.7 Å². The molecule has 0 radical (unpaired) electrons. The van der Waals surface area contributed by atoms with Gasteiger partial charge in [0.1, 0.15) is 24.6 Å². The van der Waals surface area contributed by atoms with Crippen molar-refractivity contribution in [1.82, 2.24) is 19.5 Å². The maximum Gasteiger partial charge on any atom is 0.167 e. The van der Waals surface area contributed by atoms with E-state index in [-0.39, 0.29) is 12.1 Å². The molecule has 34 heavy (non-hydrogen) atoms. The molecule has 178 valence electrons. The molecule has 2 aliphatic rings. The number of anilines is 1. The number of imidazole rings is 1. The fourth-order valence-corrected chi connectivity index (χ4v) is 4.60. The van der Waals surface area contributed by atoms with E-state index < -0.39 is 31.1 Å². The second kappa shape index (κ2) is 9.61. The minimum atomic E-state index is -1.23. The SMILES string of the molecule is N#Cc1ccc(CO[C@@H]2CCC[C@H]2Nc2ncnc3c2ncn3[C@@H]2O[C@H](CO)[C@@H](O)[C@H]2O)cc1. The summed E-state index contributed by atoms with van der Waals surface area (Å²) in [6.07, 6.45) is 1.49. The molecule has 3 heterocycles. The summed E-state index contributed by atoms with van der Waals surface area (Å²) in [5, 5.41) is 42.2. The molecule has 4 N–H and O–H groups in total. The lowest BCUT2D eigenvalue weighted by molar-refractivity contribution is -0.0511. The third-order valence-corrected chi connectivity index (χ3v) is 6.47. The van der Waals surface area contributed by atoms with Gasteiger partial charge in [0.05, 0.1) is 43.3 Å². The van der Waals surface area contributed by atoms with Gasteiger partial charge in [-0.2, -0.15) is 5.26 Å². The molecular weight excluding hydrogens is 440 g/mol. The third-order valence-electron chi connectivity index (χ3n) is 6.47. The first-order valence-corrected chi connectivity index (χ1v) is 11.3. The molecule has 2 aromatic heterocycles. The standard InChI is InChI=1S/C23H26N6O5/c24-8-13-4-6-14(7-5-13)10-33-16-3-1-2-15(16)28-21-18-22(26-11-25-21)29(12-27-18)23-20(32)19(31)17(9-30)34-23/h4-7,11-12,15-17,19-20,23,30-32H,1-3,9-10H2,(H,25,26,28)/t15-,16-,17-,19-,20-,23-/m1/s1. The highest BCUT2D eigenvalue weighted by Crippen LogP contribution is 2.33. The summed E-state index contributed by atoms with van der Waals surface area (Å²) in [5.41, 5.74) is 2.58. The van der Waals surface area contributed by atoms with Crippen molar-refractivity contribution < 1.29 is 24.8 Å². The van der Waals surface area contributed by atoms with E-state index in [1.807, 2.05) is 12.1 Å². The molecule has 5 rings (SSSR count). The van der Waals surface area contributed by atoms with Gasteiger partial charge in [-0.25, -0.2) is 15.0 Å². The van der Waals surface area contributed by atoms with E-state index in [0.717, 1.165) is 24.8 Å². The van der Waals surface area contributed by atoms with E-state index >= 15 is 0 Å². The van der Waals surface area contributed by atoms with Crippen LogP contribution < -0.4 is 5.32 Å². The van der Waals surface area contributed by atoms with Crippen molar-refractivity contribution in [1.29, 1.82) is 5.26 Å². The van der Waals surface area contributed by atoms with Crippen molar-refractivity contribution in [2.75, 3.05) is 11.9 Å². The van der Waals surface area contributed by atoms with Crippen molar-refractivity contribution in [2.45, 2.75) is 62.6 Å². The van der Waals surface area contributed by atoms with Gasteiger partial charge in [0.2, 0.25) is 0 Å². The lowest BCUT2D eigenvalue weighted by Gasteiger charge is -2.22. The second-order valence-electron chi connectivity index (χ2n) is 8.62. The molecule has 1 aliphatic heterocycles. The average molecular weight is 466 g/mol. The molecule has 0 unspecified atom stereocenters. The number of nitrogens with one attached hydrogen (secondary N) is 1. The lowest BCUT2D eigenvalue weighted by Crippen LogP contribution is -2.33. The zero-order valence-corrected chi connectivity index (χ0v) is 18.4. The summed E-state index contributed by atoms with van der Waals surface area (Å²) >= 11 is 0. The fraction of sp³-hybridized carbons (Fsp3) is 0.478. The van der Waals surface area contributed by atoms with Gasteiger partial charge in [-0.3, -0.25) is 4.57 Å². The molecule has 0 bridgehead atoms. The Morgan fingerprint density at radius 3 is 2.71 bits per heavy atom. The highest BCUT2D eigenvalue weighted by atomic mass is 16.6. The Morgan fingerprint density at radius 2 is 1.97 bits per heavy atom. The van der Waals surface area contributed by atoms with Gasteiger partial charge in [-0.05, 0) is 37.0 Å². The molecule has 0 amide bonds. The Kier molecular flexibility index (Phi) is 6.40. The number of aliphatic hydroxyl groups is 3. The van der Waals surface area contributed by atoms with E-state index in [0.29, 0.717) is 29.2 Å². The zero-order valence-electron chi connectivity index (χ0n) is 18.4. The van der Waals surface area contributed by atoms with Crippen molar-refractivity contribution in [2.24, 2.45) is 0 Å². The number of nitriles is 1. The fourth-order valence-electron chi connectivity index (χ4n) is 4.60. The first-order chi connectivity index (χ1) is 16.6. The number of rotatable bonds is 7. The molecule has 1 aromatic carbocycles. The van der Waals surface area contributed by atoms with Gasteiger partial charge in [-0.1, -0.05) is 12.1 Å². The van der Waals surface area contributed by atoms with Crippen molar-refractivity contribution in [3.8, 4) is 6.07 Å². The van der Waals surface area contributed by atoms with E-state index in [1.54, 1.807) is 16.7 Å². The highest BCUT2D eigenvalue weighted by molar-refractivity contribution is 5.82. The Bertz CT molecular complexity index is 1180. The predicted molar refractivity (Wildman–Crippen MR) is 119 cm³/mol. The quantitative estimate of drug-likeness (QED) is 0.393.